The predicted octanol–water partition coefficient (Wildman–Crippen LogP) is 3.92. The number of nitrogens with zero attached hydrogens (tertiary/aromatic N) is 1. The molecule has 2 aromatic carbocycles. The summed E-state index contributed by atoms with van der Waals surface area (Å²) in [6.45, 7) is 4.18. The van der Waals surface area contributed by atoms with Crippen molar-refractivity contribution in [3.8, 4) is 0 Å². The average Bonchev–Trinajstić information content (AvgIpc) is 3.12. The van der Waals surface area contributed by atoms with Crippen molar-refractivity contribution in [2.45, 2.75) is 26.3 Å². The van der Waals surface area contributed by atoms with Crippen LogP contribution in [0.5, 0.6) is 0 Å². The molecule has 0 aromatic heterocycles. The second kappa shape index (κ2) is 8.43. The Hall–Kier alpha value is -2.54. The Morgan fingerprint density at radius 2 is 2.00 bits per heavy atom. The summed E-state index contributed by atoms with van der Waals surface area (Å²) >= 11 is 0. The number of anilines is 2. The molecule has 4 nitrogen and oxygen atoms in total. The van der Waals surface area contributed by atoms with Gasteiger partial charge in [-0.3, -0.25) is 9.69 Å². The van der Waals surface area contributed by atoms with Gasteiger partial charge in [0, 0.05) is 18.8 Å². The monoisotopic (exact) mass is 377 g/mol. The van der Waals surface area contributed by atoms with Crippen LogP contribution in [0, 0.1) is 17.5 Å². The van der Waals surface area contributed by atoms with Crippen molar-refractivity contribution in [2.75, 3.05) is 30.3 Å². The van der Waals surface area contributed by atoms with Crippen molar-refractivity contribution in [2.24, 2.45) is 0 Å². The first-order valence-electron chi connectivity index (χ1n) is 9.00. The van der Waals surface area contributed by atoms with Gasteiger partial charge in [0.2, 0.25) is 5.91 Å². The third-order valence-corrected chi connectivity index (χ3v) is 4.54. The lowest BCUT2D eigenvalue weighted by Gasteiger charge is -2.22. The van der Waals surface area contributed by atoms with Gasteiger partial charge in [0.25, 0.3) is 0 Å². The molecule has 144 valence electrons. The first kappa shape index (κ1) is 19.2. The molecule has 0 aliphatic carbocycles. The minimum Gasteiger partial charge on any atom is -0.384 e. The molecule has 0 unspecified atom stereocenters. The minimum atomic E-state index is -1.59. The molecule has 7 heteroatoms. The highest BCUT2D eigenvalue weighted by atomic mass is 19.2. The summed E-state index contributed by atoms with van der Waals surface area (Å²) in [4.78, 5) is 14.3. The lowest BCUT2D eigenvalue weighted by Crippen LogP contribution is -2.34. The van der Waals surface area contributed by atoms with Crippen LogP contribution in [-0.4, -0.2) is 30.4 Å². The molecular formula is C20H22F3N3O. The van der Waals surface area contributed by atoms with Gasteiger partial charge < -0.3 is 10.6 Å². The Labute approximate surface area is 156 Å². The lowest BCUT2D eigenvalue weighted by molar-refractivity contribution is -0.117. The number of halogens is 3. The number of para-hydroxylation sites is 1. The first-order chi connectivity index (χ1) is 13.0. The van der Waals surface area contributed by atoms with Gasteiger partial charge in [-0.25, -0.2) is 13.2 Å². The summed E-state index contributed by atoms with van der Waals surface area (Å²) in [7, 11) is 0. The van der Waals surface area contributed by atoms with Crippen LogP contribution >= 0.6 is 0 Å². The Morgan fingerprint density at radius 3 is 2.78 bits per heavy atom. The SMILES string of the molecule is CCCN(CC(=O)Nc1ccc(F)c(F)c1F)Cc1cccc2c1NCC2. The molecule has 0 radical (unpaired) electrons. The van der Waals surface area contributed by atoms with E-state index in [0.29, 0.717) is 13.1 Å². The lowest BCUT2D eigenvalue weighted by atomic mass is 10.1. The summed E-state index contributed by atoms with van der Waals surface area (Å²) < 4.78 is 40.1. The van der Waals surface area contributed by atoms with E-state index in [1.807, 2.05) is 24.0 Å². The number of carbonyl (C=O) groups excluding carboxylic acids is 1. The molecule has 27 heavy (non-hydrogen) atoms. The van der Waals surface area contributed by atoms with E-state index in [9.17, 15) is 18.0 Å². The van der Waals surface area contributed by atoms with Crippen molar-refractivity contribution in [1.29, 1.82) is 0 Å². The number of fused-ring (bicyclic) bond motifs is 1. The predicted molar refractivity (Wildman–Crippen MR) is 99.1 cm³/mol. The van der Waals surface area contributed by atoms with Crippen LogP contribution in [0.3, 0.4) is 0 Å². The van der Waals surface area contributed by atoms with Crippen LogP contribution in [0.15, 0.2) is 30.3 Å². The van der Waals surface area contributed by atoms with E-state index in [0.717, 1.165) is 42.8 Å². The fourth-order valence-electron chi connectivity index (χ4n) is 3.33. The van der Waals surface area contributed by atoms with Crippen LogP contribution in [0.2, 0.25) is 0 Å². The van der Waals surface area contributed by atoms with E-state index in [4.69, 9.17) is 0 Å². The summed E-state index contributed by atoms with van der Waals surface area (Å²) in [5.74, 6) is -4.75. The fraction of sp³-hybridized carbons (Fsp3) is 0.350. The largest absolute Gasteiger partial charge is 0.384 e. The minimum absolute atomic E-state index is 0.0238. The number of carbonyl (C=O) groups is 1. The van der Waals surface area contributed by atoms with E-state index in [1.54, 1.807) is 0 Å². The van der Waals surface area contributed by atoms with Gasteiger partial charge in [-0.1, -0.05) is 25.1 Å². The van der Waals surface area contributed by atoms with Crippen molar-refractivity contribution in [1.82, 2.24) is 4.90 Å². The Morgan fingerprint density at radius 1 is 1.19 bits per heavy atom. The molecule has 0 spiro atoms. The third-order valence-electron chi connectivity index (χ3n) is 4.54. The van der Waals surface area contributed by atoms with Crippen LogP contribution < -0.4 is 10.6 Å². The Kier molecular flexibility index (Phi) is 6.01. The molecule has 1 aliphatic heterocycles. The van der Waals surface area contributed by atoms with Crippen LogP contribution in [0.1, 0.15) is 24.5 Å². The zero-order valence-electron chi connectivity index (χ0n) is 15.1. The van der Waals surface area contributed by atoms with Crippen molar-refractivity contribution in [3.63, 3.8) is 0 Å². The van der Waals surface area contributed by atoms with Crippen LogP contribution in [-0.2, 0) is 17.8 Å². The van der Waals surface area contributed by atoms with Crippen molar-refractivity contribution < 1.29 is 18.0 Å². The third kappa shape index (κ3) is 4.42. The number of rotatable bonds is 7. The summed E-state index contributed by atoms with van der Waals surface area (Å²) in [5.41, 5.74) is 3.12. The zero-order valence-corrected chi connectivity index (χ0v) is 15.1. The maximum absolute atomic E-state index is 13.8. The Bertz CT molecular complexity index is 841. The van der Waals surface area contributed by atoms with Gasteiger partial charge in [0.05, 0.1) is 12.2 Å². The maximum atomic E-state index is 13.8. The second-order valence-electron chi connectivity index (χ2n) is 6.61. The van der Waals surface area contributed by atoms with Gasteiger partial charge in [-0.2, -0.15) is 0 Å². The number of hydrogen-bond acceptors (Lipinski definition) is 3. The van der Waals surface area contributed by atoms with Gasteiger partial charge >= 0.3 is 0 Å². The zero-order chi connectivity index (χ0) is 19.4. The molecule has 0 atom stereocenters. The maximum Gasteiger partial charge on any atom is 0.238 e. The van der Waals surface area contributed by atoms with Crippen LogP contribution in [0.25, 0.3) is 0 Å². The van der Waals surface area contributed by atoms with E-state index >= 15 is 0 Å². The fourth-order valence-corrected chi connectivity index (χ4v) is 3.33. The first-order valence-corrected chi connectivity index (χ1v) is 9.00. The van der Waals surface area contributed by atoms with E-state index in [1.165, 1.54) is 5.56 Å². The molecule has 2 N–H and O–H groups in total. The van der Waals surface area contributed by atoms with Crippen molar-refractivity contribution >= 4 is 17.3 Å². The quantitative estimate of drug-likeness (QED) is 0.719. The molecule has 0 saturated heterocycles. The van der Waals surface area contributed by atoms with Crippen LogP contribution in [0.4, 0.5) is 24.5 Å². The number of hydrogen-bond donors (Lipinski definition) is 2. The van der Waals surface area contributed by atoms with E-state index in [-0.39, 0.29) is 12.2 Å². The van der Waals surface area contributed by atoms with Crippen molar-refractivity contribution in [3.05, 3.63) is 58.9 Å². The normalized spacial score (nSPS) is 12.8. The highest BCUT2D eigenvalue weighted by Crippen LogP contribution is 2.27. The molecular weight excluding hydrogens is 355 g/mol. The summed E-state index contributed by atoms with van der Waals surface area (Å²) in [6.07, 6.45) is 1.82. The molecule has 1 aliphatic rings. The highest BCUT2D eigenvalue weighted by Gasteiger charge is 2.19. The Balaban J connectivity index is 1.69. The molecule has 2 aromatic rings. The number of benzene rings is 2. The molecule has 1 heterocycles. The standard InChI is InChI=1S/C20H22F3N3O/c1-2-10-26(11-14-5-3-4-13-8-9-24-20(13)14)12-17(27)25-16-7-6-15(21)18(22)19(16)23/h3-7,24H,2,8-12H2,1H3,(H,25,27). The van der Waals surface area contributed by atoms with E-state index < -0.39 is 23.4 Å². The smallest absolute Gasteiger partial charge is 0.238 e. The summed E-state index contributed by atoms with van der Waals surface area (Å²) in [6, 6.07) is 7.91. The molecule has 1 amide bonds. The second-order valence-corrected chi connectivity index (χ2v) is 6.61. The van der Waals surface area contributed by atoms with E-state index in [2.05, 4.69) is 16.7 Å². The number of nitrogens with one attached hydrogen (secondary N) is 2. The van der Waals surface area contributed by atoms with Gasteiger partial charge in [-0.15, -0.1) is 0 Å². The van der Waals surface area contributed by atoms with Gasteiger partial charge in [0.15, 0.2) is 17.5 Å². The highest BCUT2D eigenvalue weighted by molar-refractivity contribution is 5.92. The van der Waals surface area contributed by atoms with Gasteiger partial charge in [-0.05, 0) is 42.6 Å². The molecule has 3 rings (SSSR count). The van der Waals surface area contributed by atoms with Gasteiger partial charge in [0.1, 0.15) is 0 Å². The molecule has 0 fully saturated rings. The topological polar surface area (TPSA) is 44.4 Å². The summed E-state index contributed by atoms with van der Waals surface area (Å²) in [5, 5.41) is 5.70. The molecule has 0 saturated carbocycles. The molecule has 0 bridgehead atoms. The average molecular weight is 377 g/mol. The number of amides is 1.